The van der Waals surface area contributed by atoms with E-state index in [1.165, 1.54) is 0 Å². The summed E-state index contributed by atoms with van der Waals surface area (Å²) in [7, 11) is 0. The van der Waals surface area contributed by atoms with Crippen molar-refractivity contribution >= 4 is 11.9 Å². The highest BCUT2D eigenvalue weighted by molar-refractivity contribution is 5.90. The average Bonchev–Trinajstić information content (AvgIpc) is 3.23. The van der Waals surface area contributed by atoms with Crippen molar-refractivity contribution in [3.8, 4) is 0 Å². The summed E-state index contributed by atoms with van der Waals surface area (Å²) in [5.41, 5.74) is 0.766. The lowest BCUT2D eigenvalue weighted by molar-refractivity contribution is -0.297. The van der Waals surface area contributed by atoms with Crippen LogP contribution in [-0.2, 0) is 23.8 Å². The number of hydrogen-bond acceptors (Lipinski definition) is 9. The Kier molecular flexibility index (Phi) is 7.46. The van der Waals surface area contributed by atoms with E-state index in [9.17, 15) is 30.0 Å². The second-order valence-electron chi connectivity index (χ2n) is 11.0. The van der Waals surface area contributed by atoms with Gasteiger partial charge in [0.15, 0.2) is 0 Å². The first-order valence-corrected chi connectivity index (χ1v) is 12.6. The smallest absolute Gasteiger partial charge is 0.334 e. The Morgan fingerprint density at radius 3 is 2.60 bits per heavy atom. The van der Waals surface area contributed by atoms with E-state index in [0.29, 0.717) is 25.0 Å². The molecule has 4 N–H and O–H groups in total. The number of carbonyl (C=O) groups excluding carboxylic acids is 2. The number of aliphatic hydroxyl groups excluding tert-OH is 4. The van der Waals surface area contributed by atoms with Crippen LogP contribution in [0.15, 0.2) is 23.8 Å². The van der Waals surface area contributed by atoms with Crippen molar-refractivity contribution in [2.24, 2.45) is 22.7 Å². The quantitative estimate of drug-likeness (QED) is 0.318. The van der Waals surface area contributed by atoms with Crippen molar-refractivity contribution in [1.82, 2.24) is 0 Å². The number of rotatable bonds is 6. The van der Waals surface area contributed by atoms with E-state index in [0.717, 1.165) is 37.7 Å². The van der Waals surface area contributed by atoms with Crippen LogP contribution in [0.5, 0.6) is 0 Å². The van der Waals surface area contributed by atoms with Crippen LogP contribution in [0.1, 0.15) is 58.8 Å². The molecule has 0 radical (unpaired) electrons. The molecule has 4 aliphatic rings. The number of aliphatic hydroxyl groups is 4. The summed E-state index contributed by atoms with van der Waals surface area (Å²) >= 11 is 0. The number of ether oxygens (including phenoxy) is 3. The minimum atomic E-state index is -1.63. The van der Waals surface area contributed by atoms with Crippen molar-refractivity contribution < 1.29 is 44.2 Å². The zero-order valence-corrected chi connectivity index (χ0v) is 20.5. The van der Waals surface area contributed by atoms with E-state index in [4.69, 9.17) is 14.2 Å². The normalized spacial score (nSPS) is 43.8. The maximum absolute atomic E-state index is 13.6. The third kappa shape index (κ3) is 4.57. The summed E-state index contributed by atoms with van der Waals surface area (Å²) in [4.78, 5) is 25.5. The highest BCUT2D eigenvalue weighted by atomic mass is 16.7. The molecule has 4 rings (SSSR count). The molecule has 3 fully saturated rings. The predicted octanol–water partition coefficient (Wildman–Crippen LogP) is 1.37. The van der Waals surface area contributed by atoms with E-state index in [1.807, 2.05) is 13.0 Å². The molecule has 0 aromatic rings. The third-order valence-electron chi connectivity index (χ3n) is 9.07. The summed E-state index contributed by atoms with van der Waals surface area (Å²) in [6.45, 7) is 8.17. The zero-order valence-electron chi connectivity index (χ0n) is 20.5. The molecule has 35 heavy (non-hydrogen) atoms. The van der Waals surface area contributed by atoms with Gasteiger partial charge in [0, 0.05) is 5.57 Å². The maximum atomic E-state index is 13.6. The third-order valence-corrected chi connectivity index (χ3v) is 9.07. The second-order valence-corrected chi connectivity index (χ2v) is 11.0. The van der Waals surface area contributed by atoms with Gasteiger partial charge in [0.2, 0.25) is 6.29 Å². The van der Waals surface area contributed by atoms with Crippen LogP contribution in [0.2, 0.25) is 0 Å². The molecular formula is C26H38O9. The van der Waals surface area contributed by atoms with Crippen LogP contribution in [-0.4, -0.2) is 76.3 Å². The van der Waals surface area contributed by atoms with Crippen molar-refractivity contribution in [3.63, 3.8) is 0 Å². The van der Waals surface area contributed by atoms with Gasteiger partial charge in [0.05, 0.1) is 12.0 Å². The molecule has 6 unspecified atom stereocenters. The monoisotopic (exact) mass is 494 g/mol. The van der Waals surface area contributed by atoms with Gasteiger partial charge in [-0.3, -0.25) is 4.79 Å². The van der Waals surface area contributed by atoms with Crippen LogP contribution in [0.3, 0.4) is 0 Å². The first-order valence-electron chi connectivity index (χ1n) is 12.6. The van der Waals surface area contributed by atoms with Crippen LogP contribution >= 0.6 is 0 Å². The molecule has 9 atom stereocenters. The lowest BCUT2D eigenvalue weighted by atomic mass is 9.46. The van der Waals surface area contributed by atoms with Crippen molar-refractivity contribution in [2.45, 2.75) is 89.5 Å². The largest absolute Gasteiger partial charge is 0.458 e. The van der Waals surface area contributed by atoms with Gasteiger partial charge in [-0.05, 0) is 68.8 Å². The molecule has 0 aromatic heterocycles. The summed E-state index contributed by atoms with van der Waals surface area (Å²) in [5, 5.41) is 39.9. The van der Waals surface area contributed by atoms with Crippen molar-refractivity contribution in [2.75, 3.05) is 13.2 Å². The number of esters is 2. The Balaban J connectivity index is 1.52. The molecule has 2 aliphatic carbocycles. The van der Waals surface area contributed by atoms with Gasteiger partial charge in [0.1, 0.15) is 31.0 Å². The van der Waals surface area contributed by atoms with Crippen molar-refractivity contribution in [3.05, 3.63) is 23.8 Å². The maximum Gasteiger partial charge on any atom is 0.334 e. The Bertz CT molecular complexity index is 882. The molecule has 0 aromatic carbocycles. The SMILES string of the molecule is C=C1CCC2[C@](C)(CCC[C@]2(C)C(=O)OC2OC(CO)C(O)C(O)C2O)[C@H]1CCC1=CCOC1=O. The minimum absolute atomic E-state index is 0.0128. The van der Waals surface area contributed by atoms with Gasteiger partial charge >= 0.3 is 11.9 Å². The molecule has 2 heterocycles. The highest BCUT2D eigenvalue weighted by Gasteiger charge is 2.58. The molecular weight excluding hydrogens is 456 g/mol. The summed E-state index contributed by atoms with van der Waals surface area (Å²) in [6.07, 6.45) is -0.305. The predicted molar refractivity (Wildman–Crippen MR) is 124 cm³/mol. The minimum Gasteiger partial charge on any atom is -0.458 e. The molecule has 9 heteroatoms. The Labute approximate surface area is 205 Å². The fraction of sp³-hybridized carbons (Fsp3) is 0.769. The van der Waals surface area contributed by atoms with Crippen molar-refractivity contribution in [1.29, 1.82) is 0 Å². The molecule has 0 spiro atoms. The van der Waals surface area contributed by atoms with E-state index in [-0.39, 0.29) is 23.2 Å². The van der Waals surface area contributed by atoms with Gasteiger partial charge < -0.3 is 34.6 Å². The van der Waals surface area contributed by atoms with E-state index >= 15 is 0 Å². The topological polar surface area (TPSA) is 143 Å². The number of carbonyl (C=O) groups is 2. The Morgan fingerprint density at radius 1 is 1.20 bits per heavy atom. The molecule has 0 bridgehead atoms. The molecule has 0 amide bonds. The number of allylic oxidation sites excluding steroid dienone is 1. The molecule has 1 saturated heterocycles. The second kappa shape index (κ2) is 9.94. The van der Waals surface area contributed by atoms with E-state index < -0.39 is 48.7 Å². The Hall–Kier alpha value is -1.78. The van der Waals surface area contributed by atoms with Crippen LogP contribution < -0.4 is 0 Å². The van der Waals surface area contributed by atoms with Crippen LogP contribution in [0, 0.1) is 22.7 Å². The molecule has 2 aliphatic heterocycles. The average molecular weight is 495 g/mol. The summed E-state index contributed by atoms with van der Waals surface area (Å²) in [6, 6.07) is 0. The number of cyclic esters (lactones) is 1. The molecule has 9 nitrogen and oxygen atoms in total. The Morgan fingerprint density at radius 2 is 1.94 bits per heavy atom. The van der Waals surface area contributed by atoms with Gasteiger partial charge in [-0.25, -0.2) is 4.79 Å². The summed E-state index contributed by atoms with van der Waals surface area (Å²) in [5.74, 6) is -0.660. The van der Waals surface area contributed by atoms with E-state index in [2.05, 4.69) is 13.5 Å². The zero-order chi connectivity index (χ0) is 25.5. The van der Waals surface area contributed by atoms with E-state index in [1.54, 1.807) is 0 Å². The standard InChI is InChI=1S/C26H38O9/c1-14-5-8-18-25(2,16(14)7-6-15-9-12-33-22(15)31)10-4-11-26(18,3)24(32)35-23-21(30)20(29)19(28)17(13-27)34-23/h9,16-21,23,27-30H,1,4-8,10-13H2,2-3H3/t16-,17?,18?,19?,20?,21?,23?,25+,26-/m0/s1. The first kappa shape index (κ1) is 26.3. The molecule has 196 valence electrons. The lowest BCUT2D eigenvalue weighted by Crippen LogP contribution is -2.61. The summed E-state index contributed by atoms with van der Waals surface area (Å²) < 4.78 is 16.1. The van der Waals surface area contributed by atoms with Crippen LogP contribution in [0.4, 0.5) is 0 Å². The van der Waals surface area contributed by atoms with Gasteiger partial charge in [-0.1, -0.05) is 25.5 Å². The van der Waals surface area contributed by atoms with Crippen LogP contribution in [0.25, 0.3) is 0 Å². The van der Waals surface area contributed by atoms with Gasteiger partial charge in [0.25, 0.3) is 0 Å². The lowest BCUT2D eigenvalue weighted by Gasteiger charge is -2.58. The first-order chi connectivity index (χ1) is 16.5. The van der Waals surface area contributed by atoms with Gasteiger partial charge in [-0.2, -0.15) is 0 Å². The van der Waals surface area contributed by atoms with Gasteiger partial charge in [-0.15, -0.1) is 0 Å². The highest BCUT2D eigenvalue weighted by Crippen LogP contribution is 2.62. The number of fused-ring (bicyclic) bond motifs is 1. The molecule has 2 saturated carbocycles. The fourth-order valence-corrected chi connectivity index (χ4v) is 7.03. The number of hydrogen-bond donors (Lipinski definition) is 4. The fourth-order valence-electron chi connectivity index (χ4n) is 7.03.